The molecular weight excluding hydrogens is 386 g/mol. The predicted molar refractivity (Wildman–Crippen MR) is 101 cm³/mol. The van der Waals surface area contributed by atoms with Crippen LogP contribution < -0.4 is 21.6 Å². The molecule has 0 saturated heterocycles. The van der Waals surface area contributed by atoms with Crippen LogP contribution in [0.5, 0.6) is 0 Å². The minimum atomic E-state index is -0.636. The summed E-state index contributed by atoms with van der Waals surface area (Å²) in [6, 6.07) is 1.41. The second kappa shape index (κ2) is 6.16. The molecule has 11 nitrogen and oxygen atoms in total. The number of amides is 1. The molecule has 1 saturated carbocycles. The normalized spacial score (nSPS) is 17.8. The Morgan fingerprint density at radius 3 is 2.79 bits per heavy atom. The van der Waals surface area contributed by atoms with E-state index < -0.39 is 11.2 Å². The van der Waals surface area contributed by atoms with Gasteiger partial charge in [0.25, 0.3) is 11.5 Å². The summed E-state index contributed by atoms with van der Waals surface area (Å²) in [6.45, 7) is 0. The Kier molecular flexibility index (Phi) is 3.72. The number of aromatic amines is 1. The zero-order chi connectivity index (χ0) is 19.3. The van der Waals surface area contributed by atoms with E-state index in [1.165, 1.54) is 17.1 Å². The molecule has 4 N–H and O–H groups in total. The van der Waals surface area contributed by atoms with Crippen molar-refractivity contribution in [2.24, 2.45) is 0 Å². The summed E-state index contributed by atoms with van der Waals surface area (Å²) in [6.07, 6.45) is 5.83. The third-order valence-electron chi connectivity index (χ3n) is 5.13. The van der Waals surface area contributed by atoms with Gasteiger partial charge in [0.1, 0.15) is 23.4 Å². The number of nitrogens with zero attached hydrogens (tertiary/aromatic N) is 5. The Hall–Kier alpha value is -3.21. The van der Waals surface area contributed by atoms with Gasteiger partial charge in [0.15, 0.2) is 11.3 Å². The Bertz CT molecular complexity index is 1150. The zero-order valence-corrected chi connectivity index (χ0v) is 15.4. The molecule has 12 heteroatoms. The topological polar surface area (TPSA) is 143 Å². The fourth-order valence-electron chi connectivity index (χ4n) is 3.80. The first kappa shape index (κ1) is 16.9. The quantitative estimate of drug-likeness (QED) is 0.502. The molecule has 1 spiro atoms. The molecular formula is C16H16ClN9O2. The number of carbonyl (C=O) groups excluding carboxylic acids is 1. The van der Waals surface area contributed by atoms with Gasteiger partial charge in [-0.2, -0.15) is 10.3 Å². The van der Waals surface area contributed by atoms with Gasteiger partial charge < -0.3 is 10.6 Å². The number of nitrogens with one attached hydrogen (secondary N) is 4. The molecule has 0 atom stereocenters. The monoisotopic (exact) mass is 401 g/mol. The second-order valence-corrected chi connectivity index (χ2v) is 7.35. The van der Waals surface area contributed by atoms with E-state index in [-0.39, 0.29) is 22.3 Å². The lowest BCUT2D eigenvalue weighted by Gasteiger charge is -2.43. The van der Waals surface area contributed by atoms with E-state index in [2.05, 4.69) is 41.4 Å². The van der Waals surface area contributed by atoms with Crippen molar-refractivity contribution >= 4 is 40.2 Å². The maximum absolute atomic E-state index is 13.1. The zero-order valence-electron chi connectivity index (χ0n) is 14.6. The van der Waals surface area contributed by atoms with E-state index in [0.717, 1.165) is 32.1 Å². The second-order valence-electron chi connectivity index (χ2n) is 6.95. The fourth-order valence-corrected chi connectivity index (χ4v) is 4.08. The third kappa shape index (κ3) is 2.58. The highest BCUT2D eigenvalue weighted by molar-refractivity contribution is 6.34. The largest absolute Gasteiger partial charge is 0.334 e. The number of pyridine rings is 1. The highest BCUT2D eigenvalue weighted by Gasteiger charge is 2.40. The Morgan fingerprint density at radius 1 is 1.14 bits per heavy atom. The minimum Gasteiger partial charge on any atom is -0.334 e. The molecule has 0 aromatic carbocycles. The molecule has 4 heterocycles. The highest BCUT2D eigenvalue weighted by Crippen LogP contribution is 2.31. The van der Waals surface area contributed by atoms with Crippen molar-refractivity contribution in [1.82, 2.24) is 35.4 Å². The highest BCUT2D eigenvalue weighted by atomic mass is 35.5. The van der Waals surface area contributed by atoms with E-state index in [9.17, 15) is 9.59 Å². The fraction of sp³-hybridized carbons (Fsp3) is 0.375. The molecule has 2 aliphatic rings. The minimum absolute atomic E-state index is 0.0858. The van der Waals surface area contributed by atoms with Crippen molar-refractivity contribution in [2.45, 2.75) is 37.8 Å². The number of H-pyrrole nitrogens is 1. The Morgan fingerprint density at radius 2 is 1.96 bits per heavy atom. The molecule has 5 rings (SSSR count). The number of halogens is 1. The van der Waals surface area contributed by atoms with Crippen LogP contribution in [0.1, 0.15) is 42.6 Å². The van der Waals surface area contributed by atoms with Crippen molar-refractivity contribution in [3.63, 3.8) is 0 Å². The van der Waals surface area contributed by atoms with Crippen molar-refractivity contribution < 1.29 is 4.79 Å². The van der Waals surface area contributed by atoms with E-state index in [1.807, 2.05) is 0 Å². The molecule has 1 fully saturated rings. The van der Waals surface area contributed by atoms with Crippen LogP contribution in [-0.2, 0) is 0 Å². The van der Waals surface area contributed by atoms with E-state index >= 15 is 0 Å². The van der Waals surface area contributed by atoms with Crippen LogP contribution in [0.15, 0.2) is 17.2 Å². The molecule has 3 aromatic heterocycles. The summed E-state index contributed by atoms with van der Waals surface area (Å²) in [5.74, 6) is -0.0599. The maximum Gasteiger partial charge on any atom is 0.293 e. The molecule has 1 amide bonds. The summed E-state index contributed by atoms with van der Waals surface area (Å²) >= 11 is 6.34. The molecule has 0 radical (unpaired) electrons. The van der Waals surface area contributed by atoms with Gasteiger partial charge in [-0.25, -0.2) is 14.6 Å². The number of hydrogen-bond acceptors (Lipinski definition) is 8. The lowest BCUT2D eigenvalue weighted by Crippen LogP contribution is -2.64. The van der Waals surface area contributed by atoms with Crippen LogP contribution in [0.3, 0.4) is 0 Å². The van der Waals surface area contributed by atoms with Gasteiger partial charge in [-0.05, 0) is 31.7 Å². The summed E-state index contributed by atoms with van der Waals surface area (Å²) < 4.78 is 1.23. The van der Waals surface area contributed by atoms with Crippen LogP contribution in [-0.4, -0.2) is 41.6 Å². The Balaban J connectivity index is 1.59. The Labute approximate surface area is 162 Å². The maximum atomic E-state index is 13.1. The van der Waals surface area contributed by atoms with Crippen LogP contribution in [0.2, 0.25) is 5.02 Å². The lowest BCUT2D eigenvalue weighted by molar-refractivity contribution is 0.0834. The number of carbonyl (C=O) groups is 1. The van der Waals surface area contributed by atoms with Gasteiger partial charge >= 0.3 is 0 Å². The van der Waals surface area contributed by atoms with Gasteiger partial charge in [-0.3, -0.25) is 15.0 Å². The first-order valence-corrected chi connectivity index (χ1v) is 9.29. The third-order valence-corrected chi connectivity index (χ3v) is 5.42. The standard InChI is InChI=1S/C16H16ClN9O2/c17-8-6-9(20-12-10-13(19-7-18-12)23-25-22-10)15(28)26-11(8)14(27)21-16(24-26)4-2-1-3-5-16/h6-7,24H,1-5H2,(H,21,27)(H2,18,19,20,22,23,25). The lowest BCUT2D eigenvalue weighted by atomic mass is 9.88. The van der Waals surface area contributed by atoms with Crippen LogP contribution in [0.25, 0.3) is 11.2 Å². The molecule has 1 aliphatic heterocycles. The van der Waals surface area contributed by atoms with Gasteiger partial charge in [-0.15, -0.1) is 5.10 Å². The van der Waals surface area contributed by atoms with Gasteiger partial charge in [0.2, 0.25) is 5.65 Å². The van der Waals surface area contributed by atoms with Crippen LogP contribution >= 0.6 is 11.6 Å². The number of hydrogen-bond donors (Lipinski definition) is 4. The summed E-state index contributed by atoms with van der Waals surface area (Å²) in [5, 5.41) is 16.4. The molecule has 28 heavy (non-hydrogen) atoms. The molecule has 0 unspecified atom stereocenters. The molecule has 0 bridgehead atoms. The molecule has 144 valence electrons. The number of fused-ring (bicyclic) bond motifs is 2. The van der Waals surface area contributed by atoms with Gasteiger partial charge in [0.05, 0.1) is 5.02 Å². The number of aromatic nitrogens is 6. The van der Waals surface area contributed by atoms with E-state index in [1.54, 1.807) is 0 Å². The molecule has 1 aliphatic carbocycles. The van der Waals surface area contributed by atoms with Crippen molar-refractivity contribution in [3.8, 4) is 0 Å². The number of anilines is 2. The van der Waals surface area contributed by atoms with Crippen molar-refractivity contribution in [3.05, 3.63) is 33.5 Å². The van der Waals surface area contributed by atoms with E-state index in [4.69, 9.17) is 11.6 Å². The smallest absolute Gasteiger partial charge is 0.293 e. The average molecular weight is 402 g/mol. The summed E-state index contributed by atoms with van der Waals surface area (Å²) in [7, 11) is 0. The van der Waals surface area contributed by atoms with Gasteiger partial charge in [-0.1, -0.05) is 18.0 Å². The van der Waals surface area contributed by atoms with Crippen molar-refractivity contribution in [2.75, 3.05) is 10.7 Å². The first-order valence-electron chi connectivity index (χ1n) is 8.91. The summed E-state index contributed by atoms with van der Waals surface area (Å²) in [5.41, 5.74) is 3.11. The SMILES string of the molecule is O=C1NC2(CCCCC2)Nn2c1c(Cl)cc(Nc1ncnc3n[nH]nc13)c2=O. The van der Waals surface area contributed by atoms with Crippen LogP contribution in [0.4, 0.5) is 11.5 Å². The number of rotatable bonds is 2. The van der Waals surface area contributed by atoms with Crippen LogP contribution in [0, 0.1) is 0 Å². The van der Waals surface area contributed by atoms with E-state index in [0.29, 0.717) is 17.0 Å². The first-order chi connectivity index (χ1) is 13.6. The molecule has 3 aromatic rings. The van der Waals surface area contributed by atoms with Gasteiger partial charge in [0, 0.05) is 0 Å². The average Bonchev–Trinajstić information content (AvgIpc) is 3.16. The summed E-state index contributed by atoms with van der Waals surface area (Å²) in [4.78, 5) is 33.9. The predicted octanol–water partition coefficient (Wildman–Crippen LogP) is 1.25. The van der Waals surface area contributed by atoms with Crippen molar-refractivity contribution in [1.29, 1.82) is 0 Å².